The van der Waals surface area contributed by atoms with E-state index >= 15 is 0 Å². The number of hydrogen-bond acceptors (Lipinski definition) is 3. The van der Waals surface area contributed by atoms with Gasteiger partial charge >= 0.3 is 18.9 Å². The van der Waals surface area contributed by atoms with Crippen LogP contribution in [-0.4, -0.2) is 13.7 Å². The minimum atomic E-state index is -2.23. The average Bonchev–Trinajstić information content (AvgIpc) is 2.03. The third-order valence-electron chi connectivity index (χ3n) is 1.77. The molecule has 1 aromatic rings. The van der Waals surface area contributed by atoms with E-state index in [1.807, 2.05) is 0 Å². The molecule has 14 heavy (non-hydrogen) atoms. The van der Waals surface area contributed by atoms with E-state index in [1.165, 1.54) is 6.07 Å². The van der Waals surface area contributed by atoms with Crippen molar-refractivity contribution in [3.63, 3.8) is 0 Å². The minimum absolute atomic E-state index is 0. The van der Waals surface area contributed by atoms with Crippen LogP contribution in [-0.2, 0) is 16.5 Å². The molecule has 0 fully saturated rings. The van der Waals surface area contributed by atoms with Gasteiger partial charge in [0, 0.05) is 6.20 Å². The molecule has 72 valence electrons. The first-order valence-corrected chi connectivity index (χ1v) is 5.04. The first-order valence-electron chi connectivity index (χ1n) is 3.97. The van der Waals surface area contributed by atoms with Crippen LogP contribution in [0.2, 0.25) is 0 Å². The number of nitrogens with zero attached hydrogens (tertiary/aromatic N) is 1. The summed E-state index contributed by atoms with van der Waals surface area (Å²) < 4.78 is 21.0. The molecule has 0 radical (unpaired) electrons. The maximum absolute atomic E-state index is 10.5. The van der Waals surface area contributed by atoms with Crippen LogP contribution < -0.4 is 18.9 Å². The van der Waals surface area contributed by atoms with E-state index in [1.54, 1.807) is 12.3 Å². The smallest absolute Gasteiger partial charge is 0.767 e. The second-order valence-corrected chi connectivity index (χ2v) is 4.76. The van der Waals surface area contributed by atoms with Gasteiger partial charge in [-0.25, -0.2) is 4.98 Å². The van der Waals surface area contributed by atoms with E-state index in [9.17, 15) is 8.76 Å². The molecule has 1 unspecified atom stereocenters. The summed E-state index contributed by atoms with van der Waals surface area (Å²) in [5, 5.41) is 0.0907. The maximum atomic E-state index is 10.5. The van der Waals surface area contributed by atoms with Gasteiger partial charge in [0.25, 0.3) is 0 Å². The van der Waals surface area contributed by atoms with Crippen LogP contribution in [0.1, 0.15) is 26.3 Å². The Hall–Kier alpha value is -0.143. The van der Waals surface area contributed by atoms with Crippen molar-refractivity contribution in [2.45, 2.75) is 31.2 Å². The Labute approximate surface area is 98.8 Å². The van der Waals surface area contributed by atoms with E-state index in [2.05, 4.69) is 25.8 Å². The van der Waals surface area contributed by atoms with Gasteiger partial charge in [0.1, 0.15) is 5.03 Å². The van der Waals surface area contributed by atoms with Gasteiger partial charge in [0.2, 0.25) is 0 Å². The SMILES string of the molecule is CC(C)(C)c1ccc(S(=O)[O-])nc1.[Li+]. The second-order valence-electron chi connectivity index (χ2n) is 3.87. The fourth-order valence-corrected chi connectivity index (χ4v) is 1.24. The van der Waals surface area contributed by atoms with Crippen molar-refractivity contribution in [3.05, 3.63) is 23.9 Å². The molecule has 0 bridgehead atoms. The molecule has 0 N–H and O–H groups in total. The number of hydrogen-bond donors (Lipinski definition) is 0. The Bertz CT molecular complexity index is 319. The molecule has 1 aromatic heterocycles. The van der Waals surface area contributed by atoms with Crippen LogP contribution in [0, 0.1) is 0 Å². The normalized spacial score (nSPS) is 13.1. The molecule has 0 amide bonds. The van der Waals surface area contributed by atoms with E-state index < -0.39 is 11.1 Å². The van der Waals surface area contributed by atoms with Gasteiger partial charge in [-0.3, -0.25) is 4.21 Å². The molecule has 0 saturated heterocycles. The van der Waals surface area contributed by atoms with E-state index in [-0.39, 0.29) is 29.3 Å². The molecule has 1 atom stereocenters. The zero-order valence-electron chi connectivity index (χ0n) is 8.90. The van der Waals surface area contributed by atoms with Gasteiger partial charge in [-0.15, -0.1) is 0 Å². The van der Waals surface area contributed by atoms with Crippen molar-refractivity contribution in [3.8, 4) is 0 Å². The predicted molar refractivity (Wildman–Crippen MR) is 50.1 cm³/mol. The monoisotopic (exact) mass is 205 g/mol. The fraction of sp³-hybridized carbons (Fsp3) is 0.444. The summed E-state index contributed by atoms with van der Waals surface area (Å²) in [6.45, 7) is 6.16. The average molecular weight is 205 g/mol. The molecule has 0 spiro atoms. The zero-order chi connectivity index (χ0) is 10.1. The molecular weight excluding hydrogens is 193 g/mol. The fourth-order valence-electron chi connectivity index (χ4n) is 0.923. The van der Waals surface area contributed by atoms with Gasteiger partial charge in [-0.2, -0.15) is 0 Å². The topological polar surface area (TPSA) is 53.0 Å². The molecule has 0 aliphatic rings. The van der Waals surface area contributed by atoms with Crippen LogP contribution in [0.15, 0.2) is 23.4 Å². The maximum Gasteiger partial charge on any atom is 1.00 e. The van der Waals surface area contributed by atoms with E-state index in [4.69, 9.17) is 0 Å². The molecular formula is C9H12LiNO2S. The summed E-state index contributed by atoms with van der Waals surface area (Å²) in [7, 11) is 0. The van der Waals surface area contributed by atoms with Crippen LogP contribution in [0.25, 0.3) is 0 Å². The standard InChI is InChI=1S/C9H13NO2S.Li/c1-9(2,3)7-4-5-8(10-6-7)13(11)12;/h4-6H,1-3H3,(H,11,12);/q;+1/p-1. The minimum Gasteiger partial charge on any atom is -0.767 e. The van der Waals surface area contributed by atoms with E-state index in [0.29, 0.717) is 0 Å². The largest absolute Gasteiger partial charge is 1.00 e. The van der Waals surface area contributed by atoms with Gasteiger partial charge in [-0.05, 0) is 28.1 Å². The summed E-state index contributed by atoms with van der Waals surface area (Å²) in [6, 6.07) is 3.31. The number of pyridine rings is 1. The summed E-state index contributed by atoms with van der Waals surface area (Å²) in [6.07, 6.45) is 1.60. The molecule has 0 aliphatic carbocycles. The summed E-state index contributed by atoms with van der Waals surface area (Å²) in [5.74, 6) is 0. The third-order valence-corrected chi connectivity index (χ3v) is 2.36. The van der Waals surface area contributed by atoms with Crippen LogP contribution >= 0.6 is 0 Å². The molecule has 1 rings (SSSR count). The summed E-state index contributed by atoms with van der Waals surface area (Å²) in [4.78, 5) is 3.83. The first-order chi connectivity index (χ1) is 5.91. The second kappa shape index (κ2) is 5.08. The third kappa shape index (κ3) is 3.54. The van der Waals surface area contributed by atoms with Crippen molar-refractivity contribution in [1.29, 1.82) is 0 Å². The Balaban J connectivity index is 0.00000169. The van der Waals surface area contributed by atoms with Crippen molar-refractivity contribution in [2.24, 2.45) is 0 Å². The summed E-state index contributed by atoms with van der Waals surface area (Å²) >= 11 is -2.23. The molecule has 0 aliphatic heterocycles. The van der Waals surface area contributed by atoms with Crippen LogP contribution in [0.5, 0.6) is 0 Å². The molecule has 0 saturated carbocycles. The van der Waals surface area contributed by atoms with Gasteiger partial charge in [-0.1, -0.05) is 26.8 Å². The molecule has 5 heteroatoms. The summed E-state index contributed by atoms with van der Waals surface area (Å²) in [5.41, 5.74) is 1.04. The molecule has 0 aromatic carbocycles. The Morgan fingerprint density at radius 2 is 1.93 bits per heavy atom. The van der Waals surface area contributed by atoms with Crippen LogP contribution in [0.4, 0.5) is 0 Å². The molecule has 3 nitrogen and oxygen atoms in total. The van der Waals surface area contributed by atoms with Crippen molar-refractivity contribution in [1.82, 2.24) is 4.98 Å². The van der Waals surface area contributed by atoms with Crippen molar-refractivity contribution >= 4 is 11.1 Å². The molecule has 1 heterocycles. The van der Waals surface area contributed by atoms with Crippen molar-refractivity contribution in [2.75, 3.05) is 0 Å². The Morgan fingerprint density at radius 1 is 1.36 bits per heavy atom. The van der Waals surface area contributed by atoms with Gasteiger partial charge in [0.15, 0.2) is 0 Å². The number of rotatable bonds is 1. The Kier molecular flexibility index (Phi) is 5.03. The predicted octanol–water partition coefficient (Wildman–Crippen LogP) is -1.38. The zero-order valence-corrected chi connectivity index (χ0v) is 9.72. The van der Waals surface area contributed by atoms with Gasteiger partial charge in [0.05, 0.1) is 0 Å². The van der Waals surface area contributed by atoms with E-state index in [0.717, 1.165) is 5.56 Å². The quantitative estimate of drug-likeness (QED) is 0.419. The van der Waals surface area contributed by atoms with Gasteiger partial charge < -0.3 is 4.55 Å². The van der Waals surface area contributed by atoms with Crippen molar-refractivity contribution < 1.29 is 27.6 Å². The van der Waals surface area contributed by atoms with Crippen LogP contribution in [0.3, 0.4) is 0 Å². The number of aromatic nitrogens is 1. The Morgan fingerprint density at radius 3 is 2.21 bits per heavy atom. The first kappa shape index (κ1) is 13.9.